The first-order chi connectivity index (χ1) is 8.97. The van der Waals surface area contributed by atoms with Crippen LogP contribution in [-0.2, 0) is 0 Å². The van der Waals surface area contributed by atoms with Crippen LogP contribution < -0.4 is 4.74 Å². The molecule has 0 atom stereocenters. The fourth-order valence-corrected chi connectivity index (χ4v) is 2.18. The van der Waals surface area contributed by atoms with Crippen LogP contribution in [0.25, 0.3) is 0 Å². The topological polar surface area (TPSA) is 26.3 Å². The second-order valence-electron chi connectivity index (χ2n) is 3.87. The van der Waals surface area contributed by atoms with Gasteiger partial charge in [0.15, 0.2) is 5.78 Å². The van der Waals surface area contributed by atoms with Crippen LogP contribution in [-0.4, -0.2) is 5.78 Å². The average molecular weight is 360 g/mol. The van der Waals surface area contributed by atoms with Crippen molar-refractivity contribution in [3.05, 3.63) is 56.5 Å². The lowest BCUT2D eigenvalue weighted by molar-refractivity contribution is 0.101. The molecule has 0 aliphatic heterocycles. The summed E-state index contributed by atoms with van der Waals surface area (Å²) in [7, 11) is 0. The van der Waals surface area contributed by atoms with Crippen LogP contribution in [0.15, 0.2) is 40.9 Å². The smallest absolute Gasteiger partial charge is 0.163 e. The molecular weight excluding hydrogens is 351 g/mol. The Morgan fingerprint density at radius 2 is 1.84 bits per heavy atom. The zero-order valence-corrected chi connectivity index (χ0v) is 13.0. The van der Waals surface area contributed by atoms with E-state index in [-0.39, 0.29) is 5.78 Å². The second-order valence-corrected chi connectivity index (χ2v) is 5.60. The molecule has 19 heavy (non-hydrogen) atoms. The predicted octanol–water partition coefficient (Wildman–Crippen LogP) is 5.75. The molecule has 0 heterocycles. The third-order valence-electron chi connectivity index (χ3n) is 2.44. The number of carbonyl (C=O) groups excluding carboxylic acids is 1. The fourth-order valence-electron chi connectivity index (χ4n) is 1.53. The van der Waals surface area contributed by atoms with Crippen LogP contribution in [0.5, 0.6) is 11.5 Å². The Labute approximate surface area is 129 Å². The van der Waals surface area contributed by atoms with Gasteiger partial charge in [0.05, 0.1) is 15.6 Å². The number of carbonyl (C=O) groups is 1. The van der Waals surface area contributed by atoms with Gasteiger partial charge < -0.3 is 4.74 Å². The molecule has 0 amide bonds. The third kappa shape index (κ3) is 3.50. The summed E-state index contributed by atoms with van der Waals surface area (Å²) in [5, 5.41) is 0.859. The molecule has 5 heteroatoms. The van der Waals surface area contributed by atoms with Crippen molar-refractivity contribution >= 4 is 44.9 Å². The lowest BCUT2D eigenvalue weighted by Gasteiger charge is -2.10. The highest BCUT2D eigenvalue weighted by atomic mass is 79.9. The van der Waals surface area contributed by atoms with E-state index in [0.717, 1.165) is 4.47 Å². The minimum absolute atomic E-state index is 0.0728. The van der Waals surface area contributed by atoms with Gasteiger partial charge in [-0.2, -0.15) is 0 Å². The van der Waals surface area contributed by atoms with E-state index in [1.807, 2.05) is 0 Å². The molecule has 2 aromatic carbocycles. The molecule has 0 fully saturated rings. The third-order valence-corrected chi connectivity index (χ3v) is 3.67. The van der Waals surface area contributed by atoms with Crippen LogP contribution in [0.2, 0.25) is 10.0 Å². The highest BCUT2D eigenvalue weighted by molar-refractivity contribution is 9.10. The first-order valence-electron chi connectivity index (χ1n) is 5.41. The van der Waals surface area contributed by atoms with Gasteiger partial charge in [-0.3, -0.25) is 4.79 Å². The van der Waals surface area contributed by atoms with E-state index in [1.54, 1.807) is 36.4 Å². The summed E-state index contributed by atoms with van der Waals surface area (Å²) in [5.74, 6) is 0.935. The first-order valence-corrected chi connectivity index (χ1v) is 6.95. The molecule has 0 spiro atoms. The van der Waals surface area contributed by atoms with E-state index in [1.165, 1.54) is 6.92 Å². The van der Waals surface area contributed by atoms with Gasteiger partial charge in [0, 0.05) is 10.5 Å². The number of benzene rings is 2. The van der Waals surface area contributed by atoms with Crippen LogP contribution in [0, 0.1) is 0 Å². The monoisotopic (exact) mass is 358 g/mol. The van der Waals surface area contributed by atoms with E-state index in [2.05, 4.69) is 15.9 Å². The van der Waals surface area contributed by atoms with Crippen LogP contribution >= 0.6 is 39.1 Å². The van der Waals surface area contributed by atoms with Gasteiger partial charge in [-0.1, -0.05) is 39.1 Å². The van der Waals surface area contributed by atoms with E-state index in [4.69, 9.17) is 27.9 Å². The Morgan fingerprint density at radius 1 is 1.11 bits per heavy atom. The Balaban J connectivity index is 2.37. The second kappa shape index (κ2) is 5.95. The minimum Gasteiger partial charge on any atom is -0.457 e. The lowest BCUT2D eigenvalue weighted by Crippen LogP contribution is -1.97. The molecule has 0 saturated carbocycles. The summed E-state index contributed by atoms with van der Waals surface area (Å²) < 4.78 is 6.50. The largest absolute Gasteiger partial charge is 0.457 e. The Morgan fingerprint density at radius 3 is 2.47 bits per heavy atom. The molecule has 2 nitrogen and oxygen atoms in total. The zero-order valence-electron chi connectivity index (χ0n) is 9.91. The quantitative estimate of drug-likeness (QED) is 0.652. The molecule has 0 N–H and O–H groups in total. The maximum Gasteiger partial charge on any atom is 0.163 e. The van der Waals surface area contributed by atoms with Gasteiger partial charge in [0.25, 0.3) is 0 Å². The molecular formula is C14H9BrCl2O2. The number of hydrogen-bond acceptors (Lipinski definition) is 2. The van der Waals surface area contributed by atoms with Crippen molar-refractivity contribution in [2.24, 2.45) is 0 Å². The van der Waals surface area contributed by atoms with Crippen LogP contribution in [0.3, 0.4) is 0 Å². The van der Waals surface area contributed by atoms with Crippen molar-refractivity contribution in [3.8, 4) is 11.5 Å². The van der Waals surface area contributed by atoms with Gasteiger partial charge in [-0.15, -0.1) is 0 Å². The van der Waals surface area contributed by atoms with Crippen molar-refractivity contribution in [1.29, 1.82) is 0 Å². The molecule has 0 aromatic heterocycles. The Hall–Kier alpha value is -1.03. The maximum atomic E-state index is 11.6. The van der Waals surface area contributed by atoms with Gasteiger partial charge in [-0.25, -0.2) is 0 Å². The van der Waals surface area contributed by atoms with Crippen LogP contribution in [0.1, 0.15) is 17.3 Å². The predicted molar refractivity (Wildman–Crippen MR) is 80.7 cm³/mol. The summed E-state index contributed by atoms with van der Waals surface area (Å²) in [6, 6.07) is 10.2. The Kier molecular flexibility index (Phi) is 4.50. The highest BCUT2D eigenvalue weighted by Crippen LogP contribution is 2.32. The van der Waals surface area contributed by atoms with Crippen molar-refractivity contribution in [1.82, 2.24) is 0 Å². The fraction of sp³-hybridized carbons (Fsp3) is 0.0714. The van der Waals surface area contributed by atoms with Crippen molar-refractivity contribution in [2.45, 2.75) is 6.92 Å². The Bertz CT molecular complexity index is 641. The zero-order chi connectivity index (χ0) is 14.0. The van der Waals surface area contributed by atoms with Crippen molar-refractivity contribution in [2.75, 3.05) is 0 Å². The minimum atomic E-state index is -0.0728. The average Bonchev–Trinajstić information content (AvgIpc) is 2.36. The van der Waals surface area contributed by atoms with E-state index >= 15 is 0 Å². The van der Waals surface area contributed by atoms with Gasteiger partial charge in [0.1, 0.15) is 11.5 Å². The van der Waals surface area contributed by atoms with Crippen molar-refractivity contribution in [3.63, 3.8) is 0 Å². The summed E-state index contributed by atoms with van der Waals surface area (Å²) in [6.45, 7) is 1.49. The van der Waals surface area contributed by atoms with Crippen molar-refractivity contribution < 1.29 is 9.53 Å². The standard InChI is InChI=1S/C14H9BrCl2O2/c1-8(18)11-6-9(15)2-5-14(11)19-10-3-4-12(16)13(17)7-10/h2-7H,1H3. The summed E-state index contributed by atoms with van der Waals surface area (Å²) >= 11 is 15.1. The SMILES string of the molecule is CC(=O)c1cc(Br)ccc1Oc1ccc(Cl)c(Cl)c1. The molecule has 0 aliphatic carbocycles. The number of Topliss-reactive ketones (excluding diaryl/α,β-unsaturated/α-hetero) is 1. The van der Waals surface area contributed by atoms with Gasteiger partial charge in [-0.05, 0) is 37.3 Å². The molecule has 2 aromatic rings. The lowest BCUT2D eigenvalue weighted by atomic mass is 10.1. The first kappa shape index (κ1) is 14.4. The number of ketones is 1. The normalized spacial score (nSPS) is 10.3. The number of rotatable bonds is 3. The molecule has 0 radical (unpaired) electrons. The number of halogens is 3. The van der Waals surface area contributed by atoms with Crippen LogP contribution in [0.4, 0.5) is 0 Å². The van der Waals surface area contributed by atoms with E-state index in [9.17, 15) is 4.79 Å². The highest BCUT2D eigenvalue weighted by Gasteiger charge is 2.10. The summed E-state index contributed by atoms with van der Waals surface area (Å²) in [4.78, 5) is 11.6. The van der Waals surface area contributed by atoms with E-state index in [0.29, 0.717) is 27.1 Å². The van der Waals surface area contributed by atoms with Gasteiger partial charge in [0.2, 0.25) is 0 Å². The molecule has 2 rings (SSSR count). The molecule has 0 saturated heterocycles. The number of hydrogen-bond donors (Lipinski definition) is 0. The number of ether oxygens (including phenoxy) is 1. The molecule has 0 unspecified atom stereocenters. The van der Waals surface area contributed by atoms with E-state index < -0.39 is 0 Å². The molecule has 98 valence electrons. The molecule has 0 bridgehead atoms. The molecule has 0 aliphatic rings. The summed E-state index contributed by atoms with van der Waals surface area (Å²) in [6.07, 6.45) is 0. The maximum absolute atomic E-state index is 11.6. The van der Waals surface area contributed by atoms with Gasteiger partial charge >= 0.3 is 0 Å². The summed E-state index contributed by atoms with van der Waals surface area (Å²) in [5.41, 5.74) is 0.500.